The van der Waals surface area contributed by atoms with Crippen molar-refractivity contribution in [2.75, 3.05) is 0 Å². The topological polar surface area (TPSA) is 81.9 Å². The first-order valence-corrected chi connectivity index (χ1v) is 10.2. The van der Waals surface area contributed by atoms with Crippen LogP contribution in [0.3, 0.4) is 0 Å². The maximum atomic E-state index is 12.5. The smallest absolute Gasteiger partial charge is 0.244 e. The highest BCUT2D eigenvalue weighted by atomic mass is 16.3. The summed E-state index contributed by atoms with van der Waals surface area (Å²) in [6.07, 6.45) is 0.191. The number of nitrogens with zero attached hydrogens (tertiary/aromatic N) is 1. The highest BCUT2D eigenvalue weighted by molar-refractivity contribution is 6.13. The van der Waals surface area contributed by atoms with E-state index in [0.717, 1.165) is 27.8 Å². The average molecular weight is 422 g/mol. The molecule has 0 unspecified atom stereocenters. The highest BCUT2D eigenvalue weighted by Gasteiger charge is 2.10. The normalized spacial score (nSPS) is 10.4. The molecule has 158 valence electrons. The number of hydrogen-bond donors (Lipinski definition) is 3. The zero-order valence-corrected chi connectivity index (χ0v) is 17.3. The predicted octanol–water partition coefficient (Wildman–Crippen LogP) is 4.88. The monoisotopic (exact) mass is 422 g/mol. The molecular formula is C27H22N2O3. The van der Waals surface area contributed by atoms with Gasteiger partial charge in [-0.1, -0.05) is 54.6 Å². The van der Waals surface area contributed by atoms with Crippen molar-refractivity contribution in [2.24, 2.45) is 5.10 Å². The number of aromatic hydroxyl groups is 2. The van der Waals surface area contributed by atoms with Gasteiger partial charge in [-0.2, -0.15) is 5.10 Å². The molecule has 32 heavy (non-hydrogen) atoms. The second kappa shape index (κ2) is 9.62. The van der Waals surface area contributed by atoms with Crippen LogP contribution in [0, 0.1) is 0 Å². The molecule has 1 amide bonds. The Hall–Kier alpha value is -4.38. The number of amides is 1. The number of hydrazone groups is 1. The molecule has 0 spiro atoms. The molecular weight excluding hydrogens is 400 g/mol. The van der Waals surface area contributed by atoms with E-state index in [1.807, 2.05) is 54.6 Å². The number of nitrogens with one attached hydrogen (secondary N) is 1. The quantitative estimate of drug-likeness (QED) is 0.306. The highest BCUT2D eigenvalue weighted by Crippen LogP contribution is 2.20. The fraction of sp³-hybridized carbons (Fsp3) is 0.0370. The van der Waals surface area contributed by atoms with Crippen LogP contribution in [0.1, 0.15) is 16.7 Å². The Labute approximate surface area is 186 Å². The lowest BCUT2D eigenvalue weighted by atomic mass is 10.0. The zero-order chi connectivity index (χ0) is 22.3. The van der Waals surface area contributed by atoms with Crippen molar-refractivity contribution in [3.05, 3.63) is 120 Å². The van der Waals surface area contributed by atoms with Gasteiger partial charge in [0.1, 0.15) is 11.5 Å². The molecule has 5 heteroatoms. The van der Waals surface area contributed by atoms with E-state index in [9.17, 15) is 15.0 Å². The van der Waals surface area contributed by atoms with Crippen LogP contribution in [0.5, 0.6) is 11.5 Å². The van der Waals surface area contributed by atoms with Crippen LogP contribution in [0.4, 0.5) is 0 Å². The molecule has 4 rings (SSSR count). The van der Waals surface area contributed by atoms with Gasteiger partial charge < -0.3 is 10.2 Å². The van der Waals surface area contributed by atoms with Gasteiger partial charge >= 0.3 is 0 Å². The van der Waals surface area contributed by atoms with Crippen molar-refractivity contribution < 1.29 is 15.0 Å². The number of phenols is 2. The van der Waals surface area contributed by atoms with Gasteiger partial charge in [0.2, 0.25) is 5.91 Å². The first-order chi connectivity index (χ1) is 15.6. The minimum atomic E-state index is -0.243. The SMILES string of the molecule is O=C(Cc1ccc(-c2ccccc2)cc1)NN=C(c1ccc(O)cc1)c1ccc(O)cc1. The van der Waals surface area contributed by atoms with Gasteiger partial charge in [-0.05, 0) is 65.2 Å². The Kier molecular flexibility index (Phi) is 6.28. The molecule has 0 radical (unpaired) electrons. The molecule has 0 saturated heterocycles. The van der Waals surface area contributed by atoms with Crippen molar-refractivity contribution in [1.82, 2.24) is 5.43 Å². The second-order valence-electron chi connectivity index (χ2n) is 7.33. The summed E-state index contributed by atoms with van der Waals surface area (Å²) in [5.74, 6) is 0.0381. The molecule has 0 saturated carbocycles. The van der Waals surface area contributed by atoms with Crippen LogP contribution in [0.25, 0.3) is 11.1 Å². The Bertz CT molecular complexity index is 1170. The molecule has 5 nitrogen and oxygen atoms in total. The van der Waals surface area contributed by atoms with E-state index in [1.165, 1.54) is 0 Å². The van der Waals surface area contributed by atoms with Crippen molar-refractivity contribution >= 4 is 11.6 Å². The van der Waals surface area contributed by atoms with E-state index in [-0.39, 0.29) is 23.8 Å². The summed E-state index contributed by atoms with van der Waals surface area (Å²) in [6.45, 7) is 0. The van der Waals surface area contributed by atoms with Crippen LogP contribution < -0.4 is 5.43 Å². The van der Waals surface area contributed by atoms with Gasteiger partial charge in [0, 0.05) is 11.1 Å². The number of rotatable bonds is 6. The molecule has 3 N–H and O–H groups in total. The molecule has 4 aromatic carbocycles. The van der Waals surface area contributed by atoms with E-state index in [4.69, 9.17) is 0 Å². The predicted molar refractivity (Wildman–Crippen MR) is 126 cm³/mol. The lowest BCUT2D eigenvalue weighted by Gasteiger charge is -2.09. The van der Waals surface area contributed by atoms with Crippen LogP contribution in [-0.4, -0.2) is 21.8 Å². The van der Waals surface area contributed by atoms with Gasteiger partial charge in [-0.25, -0.2) is 5.43 Å². The molecule has 0 aliphatic carbocycles. The van der Waals surface area contributed by atoms with Gasteiger partial charge in [-0.15, -0.1) is 0 Å². The summed E-state index contributed by atoms with van der Waals surface area (Å²) in [5.41, 5.74) is 7.70. The van der Waals surface area contributed by atoms with Gasteiger partial charge in [0.25, 0.3) is 0 Å². The summed E-state index contributed by atoms with van der Waals surface area (Å²) in [5, 5.41) is 23.5. The third-order valence-electron chi connectivity index (χ3n) is 5.00. The maximum absolute atomic E-state index is 12.5. The number of carbonyl (C=O) groups is 1. The number of carbonyl (C=O) groups excluding carboxylic acids is 1. The first-order valence-electron chi connectivity index (χ1n) is 10.2. The number of phenolic OH excluding ortho intramolecular Hbond substituents is 2. The molecule has 0 aromatic heterocycles. The molecule has 0 aliphatic rings. The summed E-state index contributed by atoms with van der Waals surface area (Å²) in [7, 11) is 0. The zero-order valence-electron chi connectivity index (χ0n) is 17.3. The summed E-state index contributed by atoms with van der Waals surface area (Å²) < 4.78 is 0. The van der Waals surface area contributed by atoms with Crippen LogP contribution in [0.15, 0.2) is 108 Å². The number of benzene rings is 4. The Morgan fingerprint density at radius 1 is 0.656 bits per heavy atom. The van der Waals surface area contributed by atoms with Gasteiger partial charge in [0.05, 0.1) is 12.1 Å². The minimum absolute atomic E-state index is 0.141. The molecule has 4 aromatic rings. The van der Waals surface area contributed by atoms with Crippen molar-refractivity contribution in [1.29, 1.82) is 0 Å². The van der Waals surface area contributed by atoms with Gasteiger partial charge in [0.15, 0.2) is 0 Å². The fourth-order valence-corrected chi connectivity index (χ4v) is 3.32. The van der Waals surface area contributed by atoms with Crippen LogP contribution >= 0.6 is 0 Å². The van der Waals surface area contributed by atoms with E-state index < -0.39 is 0 Å². The minimum Gasteiger partial charge on any atom is -0.508 e. The molecule has 0 aliphatic heterocycles. The number of hydrogen-bond acceptors (Lipinski definition) is 4. The lowest BCUT2D eigenvalue weighted by molar-refractivity contribution is -0.120. The molecule has 0 bridgehead atoms. The molecule has 0 fully saturated rings. The molecule has 0 heterocycles. The maximum Gasteiger partial charge on any atom is 0.244 e. The molecule has 0 atom stereocenters. The average Bonchev–Trinajstić information content (AvgIpc) is 2.82. The Morgan fingerprint density at radius 2 is 1.16 bits per heavy atom. The van der Waals surface area contributed by atoms with Crippen LogP contribution in [-0.2, 0) is 11.2 Å². The standard InChI is InChI=1S/C27H22N2O3/c30-24-14-10-22(11-15-24)27(23-12-16-25(31)17-13-23)29-28-26(32)18-19-6-8-21(9-7-19)20-4-2-1-3-5-20/h1-17,30-31H,18H2,(H,28,32). The van der Waals surface area contributed by atoms with E-state index in [0.29, 0.717) is 5.71 Å². The van der Waals surface area contributed by atoms with E-state index in [1.54, 1.807) is 48.5 Å². The second-order valence-corrected chi connectivity index (χ2v) is 7.33. The van der Waals surface area contributed by atoms with Gasteiger partial charge in [-0.3, -0.25) is 4.79 Å². The lowest BCUT2D eigenvalue weighted by Crippen LogP contribution is -2.22. The first kappa shape index (κ1) is 20.9. The Morgan fingerprint density at radius 3 is 1.69 bits per heavy atom. The summed E-state index contributed by atoms with van der Waals surface area (Å²) in [4.78, 5) is 12.5. The van der Waals surface area contributed by atoms with Crippen LogP contribution in [0.2, 0.25) is 0 Å². The summed E-state index contributed by atoms with van der Waals surface area (Å²) >= 11 is 0. The van der Waals surface area contributed by atoms with Crippen molar-refractivity contribution in [3.63, 3.8) is 0 Å². The third-order valence-corrected chi connectivity index (χ3v) is 5.00. The largest absolute Gasteiger partial charge is 0.508 e. The Balaban J connectivity index is 1.50. The van der Waals surface area contributed by atoms with E-state index in [2.05, 4.69) is 10.5 Å². The fourth-order valence-electron chi connectivity index (χ4n) is 3.32. The van der Waals surface area contributed by atoms with Crippen molar-refractivity contribution in [2.45, 2.75) is 6.42 Å². The van der Waals surface area contributed by atoms with Crippen molar-refractivity contribution in [3.8, 4) is 22.6 Å². The van der Waals surface area contributed by atoms with E-state index >= 15 is 0 Å². The summed E-state index contributed by atoms with van der Waals surface area (Å²) in [6, 6.07) is 31.0. The third kappa shape index (κ3) is 5.21.